The molecule has 6 heteroatoms. The fraction of sp³-hybridized carbons (Fsp3) is 0.250. The number of ether oxygens (including phenoxy) is 3. The van der Waals surface area contributed by atoms with Crippen molar-refractivity contribution >= 4 is 17.6 Å². The normalized spacial score (nSPS) is 13.3. The summed E-state index contributed by atoms with van der Waals surface area (Å²) in [7, 11) is 0. The van der Waals surface area contributed by atoms with Crippen molar-refractivity contribution in [1.82, 2.24) is 0 Å². The summed E-state index contributed by atoms with van der Waals surface area (Å²) in [6.45, 7) is 2.46. The number of anilines is 1. The molecule has 6 nitrogen and oxygen atoms in total. The number of carbonyl (C=O) groups is 2. The van der Waals surface area contributed by atoms with Crippen LogP contribution in [-0.2, 0) is 14.3 Å². The molecule has 0 fully saturated rings. The number of esters is 1. The fourth-order valence-electron chi connectivity index (χ4n) is 1.75. The molecule has 0 atom stereocenters. The van der Waals surface area contributed by atoms with Crippen molar-refractivity contribution in [3.63, 3.8) is 0 Å². The van der Waals surface area contributed by atoms with Gasteiger partial charge in [0.15, 0.2) is 18.1 Å². The van der Waals surface area contributed by atoms with E-state index in [1.807, 2.05) is 6.92 Å². The zero-order valence-electron chi connectivity index (χ0n) is 12.2. The minimum Gasteiger partial charge on any atom is -0.486 e. The number of allylic oxidation sites excluding steroid dienone is 3. The molecule has 0 spiro atoms. The first-order valence-electron chi connectivity index (χ1n) is 6.84. The van der Waals surface area contributed by atoms with Gasteiger partial charge in [0.1, 0.15) is 13.2 Å². The molecular formula is C16H17NO5. The average molecular weight is 303 g/mol. The van der Waals surface area contributed by atoms with Crippen LogP contribution in [0.15, 0.2) is 42.5 Å². The van der Waals surface area contributed by atoms with Gasteiger partial charge in [0.2, 0.25) is 0 Å². The van der Waals surface area contributed by atoms with Crippen LogP contribution < -0.4 is 14.8 Å². The predicted molar refractivity (Wildman–Crippen MR) is 81.0 cm³/mol. The van der Waals surface area contributed by atoms with Gasteiger partial charge in [-0.05, 0) is 19.1 Å². The average Bonchev–Trinajstić information content (AvgIpc) is 2.53. The van der Waals surface area contributed by atoms with Crippen LogP contribution in [0, 0.1) is 0 Å². The van der Waals surface area contributed by atoms with Crippen molar-refractivity contribution in [3.8, 4) is 11.5 Å². The molecule has 0 saturated carbocycles. The molecule has 2 rings (SSSR count). The molecule has 1 heterocycles. The second kappa shape index (κ2) is 7.87. The Labute approximate surface area is 128 Å². The van der Waals surface area contributed by atoms with E-state index in [9.17, 15) is 9.59 Å². The minimum absolute atomic E-state index is 0.354. The zero-order chi connectivity index (χ0) is 15.8. The molecule has 1 amide bonds. The molecule has 0 saturated heterocycles. The lowest BCUT2D eigenvalue weighted by Crippen LogP contribution is -2.20. The summed E-state index contributed by atoms with van der Waals surface area (Å²) in [5.41, 5.74) is 0.551. The van der Waals surface area contributed by atoms with Gasteiger partial charge in [-0.1, -0.05) is 18.2 Å². The van der Waals surface area contributed by atoms with Crippen LogP contribution in [0.5, 0.6) is 11.5 Å². The van der Waals surface area contributed by atoms with Gasteiger partial charge in [0.25, 0.3) is 5.91 Å². The van der Waals surface area contributed by atoms with Crippen molar-refractivity contribution < 1.29 is 23.8 Å². The Balaban J connectivity index is 1.83. The third kappa shape index (κ3) is 4.66. The summed E-state index contributed by atoms with van der Waals surface area (Å²) < 4.78 is 15.6. The maximum absolute atomic E-state index is 11.7. The summed E-state index contributed by atoms with van der Waals surface area (Å²) in [5.74, 6) is 0.222. The minimum atomic E-state index is -0.574. The molecule has 1 aliphatic heterocycles. The van der Waals surface area contributed by atoms with Gasteiger partial charge >= 0.3 is 5.97 Å². The van der Waals surface area contributed by atoms with Crippen LogP contribution >= 0.6 is 0 Å². The number of nitrogens with one attached hydrogen (secondary N) is 1. The standard InChI is InChI=1S/C16H17NO5/c1-2-3-4-5-16(19)22-11-15(18)17-12-6-7-13-14(10-12)21-9-8-20-13/h2-7,10H,8-9,11H2,1H3,(H,17,18). The third-order valence-electron chi connectivity index (χ3n) is 2.71. The van der Waals surface area contributed by atoms with E-state index in [2.05, 4.69) is 5.32 Å². The maximum atomic E-state index is 11.7. The van der Waals surface area contributed by atoms with E-state index in [-0.39, 0.29) is 6.61 Å². The van der Waals surface area contributed by atoms with E-state index < -0.39 is 11.9 Å². The van der Waals surface area contributed by atoms with Crippen LogP contribution in [0.2, 0.25) is 0 Å². The van der Waals surface area contributed by atoms with Gasteiger partial charge in [-0.2, -0.15) is 0 Å². The summed E-state index contributed by atoms with van der Waals surface area (Å²) in [6, 6.07) is 5.08. The van der Waals surface area contributed by atoms with Crippen molar-refractivity contribution in [1.29, 1.82) is 0 Å². The van der Waals surface area contributed by atoms with Gasteiger partial charge in [-0.3, -0.25) is 4.79 Å². The number of fused-ring (bicyclic) bond motifs is 1. The van der Waals surface area contributed by atoms with Crippen LogP contribution in [0.1, 0.15) is 6.92 Å². The quantitative estimate of drug-likeness (QED) is 0.512. The lowest BCUT2D eigenvalue weighted by molar-refractivity contribution is -0.142. The van der Waals surface area contributed by atoms with Crippen molar-refractivity contribution in [2.75, 3.05) is 25.1 Å². The lowest BCUT2D eigenvalue weighted by atomic mass is 10.2. The van der Waals surface area contributed by atoms with E-state index in [0.717, 1.165) is 0 Å². The first-order chi connectivity index (χ1) is 10.7. The second-order valence-electron chi connectivity index (χ2n) is 4.40. The Bertz CT molecular complexity index is 607. The molecule has 0 unspecified atom stereocenters. The Morgan fingerprint density at radius 1 is 1.23 bits per heavy atom. The number of carbonyl (C=O) groups excluding carboxylic acids is 2. The van der Waals surface area contributed by atoms with Gasteiger partial charge in [0, 0.05) is 17.8 Å². The number of rotatable bonds is 5. The summed E-state index contributed by atoms with van der Waals surface area (Å²) >= 11 is 0. The molecule has 1 N–H and O–H groups in total. The van der Waals surface area contributed by atoms with Crippen LogP contribution in [0.25, 0.3) is 0 Å². The predicted octanol–water partition coefficient (Wildman–Crippen LogP) is 2.07. The fourth-order valence-corrected chi connectivity index (χ4v) is 1.75. The molecule has 1 aliphatic rings. The van der Waals surface area contributed by atoms with Gasteiger partial charge in [0.05, 0.1) is 0 Å². The summed E-state index contributed by atoms with van der Waals surface area (Å²) in [5, 5.41) is 2.62. The Morgan fingerprint density at radius 2 is 2.00 bits per heavy atom. The SMILES string of the molecule is CC=CC=CC(=O)OCC(=O)Nc1ccc2c(c1)OCCO2. The number of hydrogen-bond acceptors (Lipinski definition) is 5. The smallest absolute Gasteiger partial charge is 0.331 e. The third-order valence-corrected chi connectivity index (χ3v) is 2.71. The lowest BCUT2D eigenvalue weighted by Gasteiger charge is -2.18. The molecule has 1 aromatic rings. The van der Waals surface area contributed by atoms with Crippen molar-refractivity contribution in [2.45, 2.75) is 6.92 Å². The molecule has 116 valence electrons. The van der Waals surface area contributed by atoms with E-state index in [0.29, 0.717) is 30.4 Å². The number of hydrogen-bond donors (Lipinski definition) is 1. The van der Waals surface area contributed by atoms with Gasteiger partial charge < -0.3 is 19.5 Å². The van der Waals surface area contributed by atoms with Crippen molar-refractivity contribution in [3.05, 3.63) is 42.5 Å². The van der Waals surface area contributed by atoms with E-state index in [1.165, 1.54) is 6.08 Å². The highest BCUT2D eigenvalue weighted by molar-refractivity contribution is 5.94. The Kier molecular flexibility index (Phi) is 5.59. The topological polar surface area (TPSA) is 73.9 Å². The molecule has 0 aromatic heterocycles. The highest BCUT2D eigenvalue weighted by Gasteiger charge is 2.13. The van der Waals surface area contributed by atoms with Crippen LogP contribution in [0.3, 0.4) is 0 Å². The van der Waals surface area contributed by atoms with Crippen LogP contribution in [0.4, 0.5) is 5.69 Å². The molecule has 22 heavy (non-hydrogen) atoms. The Hall–Kier alpha value is -2.76. The number of amides is 1. The van der Waals surface area contributed by atoms with Crippen LogP contribution in [-0.4, -0.2) is 31.7 Å². The number of benzene rings is 1. The molecule has 1 aromatic carbocycles. The molecule has 0 bridgehead atoms. The van der Waals surface area contributed by atoms with Gasteiger partial charge in [-0.25, -0.2) is 4.79 Å². The highest BCUT2D eigenvalue weighted by Crippen LogP contribution is 2.32. The van der Waals surface area contributed by atoms with E-state index in [4.69, 9.17) is 14.2 Å². The van der Waals surface area contributed by atoms with E-state index >= 15 is 0 Å². The molecule has 0 radical (unpaired) electrons. The van der Waals surface area contributed by atoms with E-state index in [1.54, 1.807) is 36.4 Å². The largest absolute Gasteiger partial charge is 0.486 e. The first-order valence-corrected chi connectivity index (χ1v) is 6.84. The van der Waals surface area contributed by atoms with Gasteiger partial charge in [-0.15, -0.1) is 0 Å². The molecule has 0 aliphatic carbocycles. The maximum Gasteiger partial charge on any atom is 0.331 e. The summed E-state index contributed by atoms with van der Waals surface area (Å²) in [6.07, 6.45) is 6.26. The highest BCUT2D eigenvalue weighted by atomic mass is 16.6. The second-order valence-corrected chi connectivity index (χ2v) is 4.40. The zero-order valence-corrected chi connectivity index (χ0v) is 12.2. The Morgan fingerprint density at radius 3 is 2.77 bits per heavy atom. The van der Waals surface area contributed by atoms with Crippen molar-refractivity contribution in [2.24, 2.45) is 0 Å². The monoisotopic (exact) mass is 303 g/mol. The molecular weight excluding hydrogens is 286 g/mol. The first kappa shape index (κ1) is 15.6. The summed E-state index contributed by atoms with van der Waals surface area (Å²) in [4.78, 5) is 23.0.